The molecule has 4 nitrogen and oxygen atoms in total. The second-order valence-electron chi connectivity index (χ2n) is 4.00. The van der Waals surface area contributed by atoms with E-state index in [0.717, 1.165) is 13.1 Å². The SMILES string of the molecule is CC(C)OCCNC(=O)CC1CNC1. The lowest BCUT2D eigenvalue weighted by atomic mass is 9.99. The van der Waals surface area contributed by atoms with Gasteiger partial charge in [-0.2, -0.15) is 0 Å². The summed E-state index contributed by atoms with van der Waals surface area (Å²) in [5, 5.41) is 5.99. The number of carbonyl (C=O) groups is 1. The fourth-order valence-electron chi connectivity index (χ4n) is 1.31. The van der Waals surface area contributed by atoms with Gasteiger partial charge >= 0.3 is 0 Å². The number of amides is 1. The monoisotopic (exact) mass is 200 g/mol. The van der Waals surface area contributed by atoms with Gasteiger partial charge in [0.1, 0.15) is 0 Å². The highest BCUT2D eigenvalue weighted by molar-refractivity contribution is 5.76. The van der Waals surface area contributed by atoms with E-state index in [0.29, 0.717) is 25.5 Å². The quantitative estimate of drug-likeness (QED) is 0.600. The lowest BCUT2D eigenvalue weighted by molar-refractivity contribution is -0.122. The number of rotatable bonds is 6. The Kier molecular flexibility index (Phi) is 4.90. The van der Waals surface area contributed by atoms with E-state index in [2.05, 4.69) is 10.6 Å². The number of ether oxygens (including phenoxy) is 1. The van der Waals surface area contributed by atoms with E-state index in [-0.39, 0.29) is 12.0 Å². The molecule has 0 aromatic rings. The van der Waals surface area contributed by atoms with Crippen molar-refractivity contribution in [1.29, 1.82) is 0 Å². The van der Waals surface area contributed by atoms with Gasteiger partial charge < -0.3 is 15.4 Å². The fourth-order valence-corrected chi connectivity index (χ4v) is 1.31. The predicted molar refractivity (Wildman–Crippen MR) is 55.1 cm³/mol. The molecule has 1 aliphatic rings. The summed E-state index contributed by atoms with van der Waals surface area (Å²) >= 11 is 0. The molecule has 1 fully saturated rings. The maximum Gasteiger partial charge on any atom is 0.220 e. The van der Waals surface area contributed by atoms with Crippen LogP contribution in [0.5, 0.6) is 0 Å². The van der Waals surface area contributed by atoms with E-state index in [4.69, 9.17) is 4.74 Å². The van der Waals surface area contributed by atoms with Gasteiger partial charge in [-0.3, -0.25) is 4.79 Å². The molecular weight excluding hydrogens is 180 g/mol. The summed E-state index contributed by atoms with van der Waals surface area (Å²) in [4.78, 5) is 11.3. The van der Waals surface area contributed by atoms with Crippen LogP contribution in [-0.4, -0.2) is 38.3 Å². The first-order valence-electron chi connectivity index (χ1n) is 5.27. The molecule has 0 radical (unpaired) electrons. The molecule has 0 atom stereocenters. The molecule has 0 aromatic heterocycles. The molecule has 0 aliphatic carbocycles. The van der Waals surface area contributed by atoms with Gasteiger partial charge in [0.25, 0.3) is 0 Å². The number of hydrogen-bond acceptors (Lipinski definition) is 3. The Labute approximate surface area is 85.4 Å². The van der Waals surface area contributed by atoms with Gasteiger partial charge in [-0.1, -0.05) is 0 Å². The van der Waals surface area contributed by atoms with Crippen LogP contribution in [0.2, 0.25) is 0 Å². The summed E-state index contributed by atoms with van der Waals surface area (Å²) < 4.78 is 5.31. The Bertz CT molecular complexity index is 179. The van der Waals surface area contributed by atoms with E-state index in [1.165, 1.54) is 0 Å². The van der Waals surface area contributed by atoms with E-state index >= 15 is 0 Å². The topological polar surface area (TPSA) is 50.4 Å². The third kappa shape index (κ3) is 4.58. The van der Waals surface area contributed by atoms with Crippen LogP contribution in [0.1, 0.15) is 20.3 Å². The summed E-state index contributed by atoms with van der Waals surface area (Å²) in [7, 11) is 0. The molecule has 1 rings (SSSR count). The second kappa shape index (κ2) is 5.98. The molecule has 0 saturated carbocycles. The number of nitrogens with one attached hydrogen (secondary N) is 2. The zero-order valence-corrected chi connectivity index (χ0v) is 9.01. The van der Waals surface area contributed by atoms with Crippen molar-refractivity contribution >= 4 is 5.91 Å². The van der Waals surface area contributed by atoms with Crippen LogP contribution >= 0.6 is 0 Å². The van der Waals surface area contributed by atoms with Crippen molar-refractivity contribution in [3.05, 3.63) is 0 Å². The van der Waals surface area contributed by atoms with Gasteiger partial charge in [-0.05, 0) is 32.9 Å². The van der Waals surface area contributed by atoms with Gasteiger partial charge in [0.2, 0.25) is 5.91 Å². The van der Waals surface area contributed by atoms with Crippen LogP contribution in [0.25, 0.3) is 0 Å². The van der Waals surface area contributed by atoms with Crippen molar-refractivity contribution in [2.24, 2.45) is 5.92 Å². The fraction of sp³-hybridized carbons (Fsp3) is 0.900. The molecule has 0 bridgehead atoms. The summed E-state index contributed by atoms with van der Waals surface area (Å²) in [6.07, 6.45) is 0.886. The Morgan fingerprint density at radius 1 is 1.57 bits per heavy atom. The molecule has 1 amide bonds. The van der Waals surface area contributed by atoms with E-state index < -0.39 is 0 Å². The minimum atomic E-state index is 0.142. The average molecular weight is 200 g/mol. The highest BCUT2D eigenvalue weighted by Gasteiger charge is 2.19. The highest BCUT2D eigenvalue weighted by atomic mass is 16.5. The molecule has 82 valence electrons. The van der Waals surface area contributed by atoms with Crippen molar-refractivity contribution < 1.29 is 9.53 Å². The van der Waals surface area contributed by atoms with Crippen LogP contribution in [-0.2, 0) is 9.53 Å². The molecule has 1 saturated heterocycles. The number of carbonyl (C=O) groups excluding carboxylic acids is 1. The van der Waals surface area contributed by atoms with Gasteiger partial charge in [-0.25, -0.2) is 0 Å². The summed E-state index contributed by atoms with van der Waals surface area (Å²) in [6.45, 7) is 7.17. The summed E-state index contributed by atoms with van der Waals surface area (Å²) in [5.74, 6) is 0.685. The predicted octanol–water partition coefficient (Wildman–Crippen LogP) is 0.137. The number of hydrogen-bond donors (Lipinski definition) is 2. The molecule has 14 heavy (non-hydrogen) atoms. The molecule has 1 aliphatic heterocycles. The minimum Gasteiger partial charge on any atom is -0.377 e. The summed E-state index contributed by atoms with van der Waals surface area (Å²) in [6, 6.07) is 0. The van der Waals surface area contributed by atoms with Crippen LogP contribution < -0.4 is 10.6 Å². The van der Waals surface area contributed by atoms with Crippen molar-refractivity contribution in [1.82, 2.24) is 10.6 Å². The zero-order valence-electron chi connectivity index (χ0n) is 9.01. The zero-order chi connectivity index (χ0) is 10.4. The molecule has 4 heteroatoms. The van der Waals surface area contributed by atoms with Crippen molar-refractivity contribution in [3.63, 3.8) is 0 Å². The largest absolute Gasteiger partial charge is 0.377 e. The lowest BCUT2D eigenvalue weighted by Gasteiger charge is -2.26. The Balaban J connectivity index is 1.92. The van der Waals surface area contributed by atoms with Crippen molar-refractivity contribution in [2.45, 2.75) is 26.4 Å². The smallest absolute Gasteiger partial charge is 0.220 e. The Hall–Kier alpha value is -0.610. The first-order valence-corrected chi connectivity index (χ1v) is 5.27. The van der Waals surface area contributed by atoms with Gasteiger partial charge in [0, 0.05) is 13.0 Å². The van der Waals surface area contributed by atoms with Crippen LogP contribution in [0, 0.1) is 5.92 Å². The van der Waals surface area contributed by atoms with E-state index in [1.54, 1.807) is 0 Å². The van der Waals surface area contributed by atoms with Gasteiger partial charge in [0.05, 0.1) is 12.7 Å². The van der Waals surface area contributed by atoms with Crippen LogP contribution in [0.15, 0.2) is 0 Å². The Morgan fingerprint density at radius 3 is 2.79 bits per heavy atom. The lowest BCUT2D eigenvalue weighted by Crippen LogP contribution is -2.44. The molecule has 0 unspecified atom stereocenters. The molecular formula is C10H20N2O2. The minimum absolute atomic E-state index is 0.142. The van der Waals surface area contributed by atoms with Crippen LogP contribution in [0.4, 0.5) is 0 Å². The highest BCUT2D eigenvalue weighted by Crippen LogP contribution is 2.07. The summed E-state index contributed by atoms with van der Waals surface area (Å²) in [5.41, 5.74) is 0. The maximum atomic E-state index is 11.3. The first-order chi connectivity index (χ1) is 6.68. The van der Waals surface area contributed by atoms with E-state index in [1.807, 2.05) is 13.8 Å². The van der Waals surface area contributed by atoms with Crippen molar-refractivity contribution in [3.8, 4) is 0 Å². The van der Waals surface area contributed by atoms with Crippen molar-refractivity contribution in [2.75, 3.05) is 26.2 Å². The molecule has 0 aromatic carbocycles. The molecule has 0 spiro atoms. The Morgan fingerprint density at radius 2 is 2.29 bits per heavy atom. The molecule has 1 heterocycles. The van der Waals surface area contributed by atoms with Crippen LogP contribution in [0.3, 0.4) is 0 Å². The van der Waals surface area contributed by atoms with E-state index in [9.17, 15) is 4.79 Å². The first kappa shape index (κ1) is 11.5. The maximum absolute atomic E-state index is 11.3. The molecule has 2 N–H and O–H groups in total. The van der Waals surface area contributed by atoms with Gasteiger partial charge in [-0.15, -0.1) is 0 Å². The normalized spacial score (nSPS) is 16.8. The third-order valence-corrected chi connectivity index (χ3v) is 2.22. The van der Waals surface area contributed by atoms with Gasteiger partial charge in [0.15, 0.2) is 0 Å². The standard InChI is InChI=1S/C10H20N2O2/c1-8(2)14-4-3-12-10(13)5-9-6-11-7-9/h8-9,11H,3-7H2,1-2H3,(H,12,13). The third-order valence-electron chi connectivity index (χ3n) is 2.22. The second-order valence-corrected chi connectivity index (χ2v) is 4.00. The average Bonchev–Trinajstić information content (AvgIpc) is 2.05.